The van der Waals surface area contributed by atoms with E-state index >= 15 is 0 Å². The molecule has 0 aromatic heterocycles. The molecule has 1 rings (SSSR count). The molecular weight excluding hydrogens is 143 g/mol. The fraction of sp³-hybridized carbons (Fsp3) is 0.714. The molecule has 62 valence electrons. The van der Waals surface area contributed by atoms with Gasteiger partial charge in [-0.3, -0.25) is 0 Å². The van der Waals surface area contributed by atoms with Crippen molar-refractivity contribution in [3.05, 3.63) is 12.1 Å². The van der Waals surface area contributed by atoms with Crippen LogP contribution in [-0.4, -0.2) is 30.4 Å². The van der Waals surface area contributed by atoms with Crippen LogP contribution in [0.4, 0.5) is 0 Å². The van der Waals surface area contributed by atoms with Gasteiger partial charge in [0.05, 0.1) is 0 Å². The highest BCUT2D eigenvalue weighted by atomic mass is 16.5. The third kappa shape index (κ3) is 2.32. The Balaban J connectivity index is 2.39. The molecule has 1 heterocycles. The highest BCUT2D eigenvalue weighted by Crippen LogP contribution is 2.22. The summed E-state index contributed by atoms with van der Waals surface area (Å²) in [6, 6.07) is 0. The molecule has 0 unspecified atom stereocenters. The molecule has 3 nitrogen and oxygen atoms in total. The maximum atomic E-state index is 8.79. The van der Waals surface area contributed by atoms with Crippen molar-refractivity contribution in [1.29, 1.82) is 0 Å². The van der Waals surface area contributed by atoms with E-state index in [0.717, 1.165) is 12.8 Å². The molecule has 1 fully saturated rings. The minimum absolute atomic E-state index is 0.226. The van der Waals surface area contributed by atoms with Crippen LogP contribution in [0.3, 0.4) is 0 Å². The third-order valence-electron chi connectivity index (χ3n) is 2.08. The van der Waals surface area contributed by atoms with Gasteiger partial charge in [-0.2, -0.15) is 0 Å². The summed E-state index contributed by atoms with van der Waals surface area (Å²) in [7, 11) is -1.36. The van der Waals surface area contributed by atoms with E-state index in [-0.39, 0.29) is 5.92 Å². The van der Waals surface area contributed by atoms with Crippen molar-refractivity contribution < 1.29 is 14.8 Å². The zero-order chi connectivity index (χ0) is 8.27. The molecule has 11 heavy (non-hydrogen) atoms. The molecule has 4 heteroatoms. The van der Waals surface area contributed by atoms with Crippen LogP contribution in [0.15, 0.2) is 12.1 Å². The molecule has 1 saturated heterocycles. The van der Waals surface area contributed by atoms with Crippen molar-refractivity contribution in [1.82, 2.24) is 0 Å². The minimum atomic E-state index is -1.36. The number of allylic oxidation sites excluding steroid dienone is 1. The van der Waals surface area contributed by atoms with Crippen molar-refractivity contribution in [2.45, 2.75) is 12.8 Å². The van der Waals surface area contributed by atoms with Crippen molar-refractivity contribution in [2.24, 2.45) is 5.92 Å². The second-order valence-corrected chi connectivity index (χ2v) is 2.84. The Morgan fingerprint density at radius 1 is 1.36 bits per heavy atom. The summed E-state index contributed by atoms with van der Waals surface area (Å²) in [6.45, 7) is 5.03. The number of hydrogen-bond acceptors (Lipinski definition) is 3. The normalized spacial score (nSPS) is 19.8. The van der Waals surface area contributed by atoms with Gasteiger partial charge in [0.2, 0.25) is 0 Å². The van der Waals surface area contributed by atoms with Gasteiger partial charge in [0.25, 0.3) is 0 Å². The van der Waals surface area contributed by atoms with Crippen molar-refractivity contribution >= 4 is 7.12 Å². The van der Waals surface area contributed by atoms with E-state index in [2.05, 4.69) is 6.58 Å². The topological polar surface area (TPSA) is 49.7 Å². The lowest BCUT2D eigenvalue weighted by Crippen LogP contribution is -2.26. The van der Waals surface area contributed by atoms with Gasteiger partial charge in [0, 0.05) is 13.2 Å². The first-order chi connectivity index (χ1) is 5.22. The smallest absolute Gasteiger partial charge is 0.423 e. The molecule has 0 saturated carbocycles. The first-order valence-electron chi connectivity index (χ1n) is 3.84. The molecule has 1 aliphatic heterocycles. The Kier molecular flexibility index (Phi) is 3.11. The van der Waals surface area contributed by atoms with Gasteiger partial charge in [-0.15, -0.1) is 6.58 Å². The van der Waals surface area contributed by atoms with Gasteiger partial charge < -0.3 is 14.8 Å². The molecule has 2 N–H and O–H groups in total. The molecule has 0 radical (unpaired) electrons. The average molecular weight is 156 g/mol. The van der Waals surface area contributed by atoms with E-state index in [0.29, 0.717) is 18.7 Å². The van der Waals surface area contributed by atoms with Crippen LogP contribution in [0.2, 0.25) is 0 Å². The van der Waals surface area contributed by atoms with Gasteiger partial charge in [-0.1, -0.05) is 0 Å². The molecule has 0 atom stereocenters. The average Bonchev–Trinajstić information content (AvgIpc) is 2.05. The summed E-state index contributed by atoms with van der Waals surface area (Å²) >= 11 is 0. The van der Waals surface area contributed by atoms with Gasteiger partial charge in [-0.05, 0) is 24.2 Å². The van der Waals surface area contributed by atoms with Gasteiger partial charge >= 0.3 is 7.12 Å². The fourth-order valence-electron chi connectivity index (χ4n) is 1.28. The summed E-state index contributed by atoms with van der Waals surface area (Å²) in [4.78, 5) is 0. The van der Waals surface area contributed by atoms with Crippen LogP contribution in [0.1, 0.15) is 12.8 Å². The predicted molar refractivity (Wildman–Crippen MR) is 42.9 cm³/mol. The standard InChI is InChI=1S/C7H13BO3/c1-6(8(9)10)7-2-4-11-5-3-7/h7,9-10H,1-5H2. The number of rotatable bonds is 2. The van der Waals surface area contributed by atoms with E-state index in [4.69, 9.17) is 14.8 Å². The summed E-state index contributed by atoms with van der Waals surface area (Å²) < 4.78 is 5.13. The second kappa shape index (κ2) is 3.90. The van der Waals surface area contributed by atoms with Crippen molar-refractivity contribution in [3.8, 4) is 0 Å². The SMILES string of the molecule is C=C(B(O)O)C1CCOCC1. The van der Waals surface area contributed by atoms with Crippen molar-refractivity contribution in [2.75, 3.05) is 13.2 Å². The first kappa shape index (κ1) is 8.78. The molecular formula is C7H13BO3. The molecule has 0 aromatic carbocycles. The lowest BCUT2D eigenvalue weighted by Gasteiger charge is -2.23. The highest BCUT2D eigenvalue weighted by molar-refractivity contribution is 6.50. The molecule has 1 aliphatic rings. The first-order valence-corrected chi connectivity index (χ1v) is 3.84. The summed E-state index contributed by atoms with van der Waals surface area (Å²) in [5.74, 6) is 0.226. The Labute approximate surface area is 66.8 Å². The van der Waals surface area contributed by atoms with Crippen LogP contribution < -0.4 is 0 Å². The van der Waals surface area contributed by atoms with E-state index in [1.165, 1.54) is 0 Å². The Morgan fingerprint density at radius 2 is 1.91 bits per heavy atom. The summed E-state index contributed by atoms with van der Waals surface area (Å²) in [5.41, 5.74) is 0.522. The number of ether oxygens (including phenoxy) is 1. The highest BCUT2D eigenvalue weighted by Gasteiger charge is 2.23. The third-order valence-corrected chi connectivity index (χ3v) is 2.08. The quantitative estimate of drug-likeness (QED) is 0.552. The Bertz CT molecular complexity index is 141. The van der Waals surface area contributed by atoms with E-state index in [9.17, 15) is 0 Å². The fourth-order valence-corrected chi connectivity index (χ4v) is 1.28. The maximum absolute atomic E-state index is 8.79. The van der Waals surface area contributed by atoms with Crippen LogP contribution in [-0.2, 0) is 4.74 Å². The molecule has 0 bridgehead atoms. The largest absolute Gasteiger partial charge is 0.483 e. The maximum Gasteiger partial charge on any atom is 0.483 e. The van der Waals surface area contributed by atoms with Crippen LogP contribution in [0.25, 0.3) is 0 Å². The van der Waals surface area contributed by atoms with Gasteiger partial charge in [0.15, 0.2) is 0 Å². The van der Waals surface area contributed by atoms with E-state index < -0.39 is 7.12 Å². The zero-order valence-corrected chi connectivity index (χ0v) is 6.49. The summed E-state index contributed by atoms with van der Waals surface area (Å²) in [6.07, 6.45) is 1.72. The summed E-state index contributed by atoms with van der Waals surface area (Å²) in [5, 5.41) is 17.6. The van der Waals surface area contributed by atoms with Gasteiger partial charge in [-0.25, -0.2) is 0 Å². The lowest BCUT2D eigenvalue weighted by atomic mass is 9.70. The predicted octanol–water partition coefficient (Wildman–Crippen LogP) is -0.0188. The molecule has 0 aromatic rings. The van der Waals surface area contributed by atoms with Gasteiger partial charge in [0.1, 0.15) is 0 Å². The molecule has 0 amide bonds. The van der Waals surface area contributed by atoms with Crippen LogP contribution >= 0.6 is 0 Å². The van der Waals surface area contributed by atoms with Crippen LogP contribution in [0, 0.1) is 5.92 Å². The minimum Gasteiger partial charge on any atom is -0.423 e. The van der Waals surface area contributed by atoms with E-state index in [1.54, 1.807) is 0 Å². The second-order valence-electron chi connectivity index (χ2n) is 2.84. The molecule has 0 aliphatic carbocycles. The monoisotopic (exact) mass is 156 g/mol. The molecule has 0 spiro atoms. The zero-order valence-electron chi connectivity index (χ0n) is 6.49. The Hall–Kier alpha value is -0.315. The number of hydrogen-bond donors (Lipinski definition) is 2. The van der Waals surface area contributed by atoms with Crippen molar-refractivity contribution in [3.63, 3.8) is 0 Å². The Morgan fingerprint density at radius 3 is 2.36 bits per heavy atom. The van der Waals surface area contributed by atoms with E-state index in [1.807, 2.05) is 0 Å². The van der Waals surface area contributed by atoms with Crippen LogP contribution in [0.5, 0.6) is 0 Å². The lowest BCUT2D eigenvalue weighted by molar-refractivity contribution is 0.0765.